The summed E-state index contributed by atoms with van der Waals surface area (Å²) in [6.07, 6.45) is -0.603. The molecule has 5 fully saturated rings. The molecule has 3 aliphatic heterocycles. The highest BCUT2D eigenvalue weighted by Crippen LogP contribution is 2.67. The van der Waals surface area contributed by atoms with Gasteiger partial charge in [0.25, 0.3) is 0 Å². The molecule has 168 valence electrons. The maximum Gasteiger partial charge on any atom is 0.334 e. The summed E-state index contributed by atoms with van der Waals surface area (Å²) >= 11 is 0. The van der Waals surface area contributed by atoms with Gasteiger partial charge in [0.2, 0.25) is 0 Å². The Morgan fingerprint density at radius 2 is 2.03 bits per heavy atom. The fraction of sp³-hybridized carbons (Fsp3) is 0.682. The first-order chi connectivity index (χ1) is 14.6. The second-order valence-corrected chi connectivity index (χ2v) is 9.38. The van der Waals surface area contributed by atoms with Crippen molar-refractivity contribution in [3.63, 3.8) is 0 Å². The number of fused-ring (bicyclic) bond motifs is 6. The molecule has 9 nitrogen and oxygen atoms in total. The molecule has 1 spiro atoms. The van der Waals surface area contributed by atoms with E-state index in [4.69, 9.17) is 23.7 Å². The van der Waals surface area contributed by atoms with Crippen molar-refractivity contribution in [2.24, 2.45) is 17.8 Å². The van der Waals surface area contributed by atoms with Gasteiger partial charge in [-0.15, -0.1) is 0 Å². The van der Waals surface area contributed by atoms with E-state index < -0.39 is 53.3 Å². The molecule has 2 aliphatic carbocycles. The third-order valence-electron chi connectivity index (χ3n) is 7.56. The van der Waals surface area contributed by atoms with E-state index in [-0.39, 0.29) is 35.7 Å². The third kappa shape index (κ3) is 2.97. The quantitative estimate of drug-likeness (QED) is 0.290. The van der Waals surface area contributed by atoms with Crippen LogP contribution in [0.2, 0.25) is 0 Å². The summed E-state index contributed by atoms with van der Waals surface area (Å²) in [7, 11) is 0. The summed E-state index contributed by atoms with van der Waals surface area (Å²) in [4.78, 5) is 36.1. The maximum absolute atomic E-state index is 12.8. The van der Waals surface area contributed by atoms with Crippen molar-refractivity contribution in [1.82, 2.24) is 0 Å². The van der Waals surface area contributed by atoms with Gasteiger partial charge in [-0.2, -0.15) is 0 Å². The highest BCUT2D eigenvalue weighted by molar-refractivity contribution is 5.92. The molecule has 2 saturated carbocycles. The zero-order valence-electron chi connectivity index (χ0n) is 17.7. The molecule has 3 saturated heterocycles. The van der Waals surface area contributed by atoms with E-state index in [2.05, 4.69) is 6.58 Å². The summed E-state index contributed by atoms with van der Waals surface area (Å²) in [5.74, 6) is -2.68. The predicted octanol–water partition coefficient (Wildman–Crippen LogP) is 0.442. The largest absolute Gasteiger partial charge is 0.462 e. The number of rotatable bonds is 4. The van der Waals surface area contributed by atoms with Crippen LogP contribution in [0.1, 0.15) is 27.2 Å². The van der Waals surface area contributed by atoms with Crippen LogP contribution in [0.3, 0.4) is 0 Å². The zero-order chi connectivity index (χ0) is 22.3. The van der Waals surface area contributed by atoms with Crippen LogP contribution in [-0.2, 0) is 38.1 Å². The van der Waals surface area contributed by atoms with Crippen molar-refractivity contribution in [2.45, 2.75) is 62.8 Å². The van der Waals surface area contributed by atoms with Gasteiger partial charge in [0, 0.05) is 36.3 Å². The monoisotopic (exact) mass is 434 g/mol. The van der Waals surface area contributed by atoms with Crippen molar-refractivity contribution < 1.29 is 43.2 Å². The minimum Gasteiger partial charge on any atom is -0.462 e. The van der Waals surface area contributed by atoms with E-state index in [9.17, 15) is 19.5 Å². The van der Waals surface area contributed by atoms with E-state index in [1.807, 2.05) is 6.92 Å². The molecule has 0 radical (unpaired) electrons. The number of aliphatic hydroxyl groups excluding tert-OH is 1. The highest BCUT2D eigenvalue weighted by Gasteiger charge is 2.81. The lowest BCUT2D eigenvalue weighted by Gasteiger charge is -2.33. The Hall–Kier alpha value is -2.23. The molecular formula is C22H26O9. The number of hydrogen-bond acceptors (Lipinski definition) is 9. The van der Waals surface area contributed by atoms with Crippen LogP contribution >= 0.6 is 0 Å². The number of ether oxygens (including phenoxy) is 5. The summed E-state index contributed by atoms with van der Waals surface area (Å²) in [6.45, 7) is 9.07. The molecule has 0 unspecified atom stereocenters. The topological polar surface area (TPSA) is 124 Å². The van der Waals surface area contributed by atoms with Gasteiger partial charge in [-0.05, 0) is 19.9 Å². The minimum absolute atomic E-state index is 0.0399. The first-order valence-electron chi connectivity index (χ1n) is 10.5. The summed E-state index contributed by atoms with van der Waals surface area (Å²) in [5.41, 5.74) is -0.735. The normalized spacial score (nSPS) is 47.1. The molecule has 0 aromatic rings. The molecular weight excluding hydrogens is 408 g/mol. The Bertz CT molecular complexity index is 903. The van der Waals surface area contributed by atoms with Crippen LogP contribution < -0.4 is 0 Å². The Kier molecular flexibility index (Phi) is 4.42. The number of carbonyl (C=O) groups excluding carboxylic acids is 3. The molecule has 3 heterocycles. The first-order valence-corrected chi connectivity index (χ1v) is 10.5. The highest BCUT2D eigenvalue weighted by atomic mass is 16.6. The van der Waals surface area contributed by atoms with Crippen LogP contribution in [0.4, 0.5) is 0 Å². The lowest BCUT2D eigenvalue weighted by molar-refractivity contribution is -0.150. The molecule has 0 amide bonds. The molecule has 0 aromatic heterocycles. The van der Waals surface area contributed by atoms with Gasteiger partial charge in [-0.25, -0.2) is 9.59 Å². The third-order valence-corrected chi connectivity index (χ3v) is 7.56. The molecule has 1 N–H and O–H groups in total. The van der Waals surface area contributed by atoms with Crippen LogP contribution in [0, 0.1) is 17.8 Å². The van der Waals surface area contributed by atoms with Crippen molar-refractivity contribution in [1.29, 1.82) is 0 Å². The van der Waals surface area contributed by atoms with Crippen molar-refractivity contribution >= 4 is 17.9 Å². The summed E-state index contributed by atoms with van der Waals surface area (Å²) < 4.78 is 28.1. The SMILES string of the molecule is C=C1C(=O)O[C@H]2[C@H]1[C@H](OC(=O)C(C)=CCOC(C)=O)C[C@]1(CO1)[C@@H]1[C@@H](O)[C@H]3O[C@@]3(C)[C@H]21. The molecule has 9 heteroatoms. The fourth-order valence-electron chi connectivity index (χ4n) is 5.90. The van der Waals surface area contributed by atoms with E-state index in [1.54, 1.807) is 6.92 Å². The van der Waals surface area contributed by atoms with Gasteiger partial charge in [0.1, 0.15) is 36.1 Å². The molecule has 0 bridgehead atoms. The molecule has 9 atom stereocenters. The van der Waals surface area contributed by atoms with Crippen molar-refractivity contribution in [3.8, 4) is 0 Å². The molecule has 5 aliphatic rings. The number of epoxide rings is 2. The van der Waals surface area contributed by atoms with Gasteiger partial charge in [0.15, 0.2) is 0 Å². The van der Waals surface area contributed by atoms with Crippen LogP contribution in [0.25, 0.3) is 0 Å². The Morgan fingerprint density at radius 3 is 2.68 bits per heavy atom. The van der Waals surface area contributed by atoms with Gasteiger partial charge >= 0.3 is 17.9 Å². The first kappa shape index (κ1) is 20.7. The number of aliphatic hydroxyl groups is 1. The van der Waals surface area contributed by atoms with Crippen molar-refractivity contribution in [3.05, 3.63) is 23.8 Å². The lowest BCUT2D eigenvalue weighted by Crippen LogP contribution is -2.44. The van der Waals surface area contributed by atoms with Gasteiger partial charge in [0.05, 0.1) is 18.6 Å². The minimum atomic E-state index is -0.745. The Balaban J connectivity index is 1.44. The summed E-state index contributed by atoms with van der Waals surface area (Å²) in [5, 5.41) is 10.9. The Morgan fingerprint density at radius 1 is 1.32 bits per heavy atom. The lowest BCUT2D eigenvalue weighted by atomic mass is 9.76. The standard InChI is InChI=1S/C22H26O9/c1-9(5-6-27-11(3)23)19(25)29-12-7-22(8-28-22)14-15(21(4)18(31-21)16(14)24)17-13(12)10(2)20(26)30-17/h5,12-18,24H,2,6-8H2,1,3-4H3/t12-,13-,14+,15+,16-,17+,18-,21+,22+/m1/s1. The van der Waals surface area contributed by atoms with Gasteiger partial charge in [-0.3, -0.25) is 4.79 Å². The van der Waals surface area contributed by atoms with Crippen LogP contribution in [0.15, 0.2) is 23.8 Å². The Labute approximate surface area is 179 Å². The molecule has 31 heavy (non-hydrogen) atoms. The number of esters is 3. The predicted molar refractivity (Wildman–Crippen MR) is 102 cm³/mol. The molecule has 5 rings (SSSR count). The van der Waals surface area contributed by atoms with E-state index in [0.29, 0.717) is 13.0 Å². The van der Waals surface area contributed by atoms with Crippen molar-refractivity contribution in [2.75, 3.05) is 13.2 Å². The van der Waals surface area contributed by atoms with Crippen LogP contribution in [-0.4, -0.2) is 71.8 Å². The van der Waals surface area contributed by atoms with Gasteiger partial charge < -0.3 is 28.8 Å². The number of carbonyl (C=O) groups is 3. The second-order valence-electron chi connectivity index (χ2n) is 9.38. The molecule has 0 aromatic carbocycles. The second kappa shape index (κ2) is 6.63. The van der Waals surface area contributed by atoms with Gasteiger partial charge in [-0.1, -0.05) is 6.58 Å². The smallest absolute Gasteiger partial charge is 0.334 e. The van der Waals surface area contributed by atoms with E-state index in [0.717, 1.165) is 0 Å². The van der Waals surface area contributed by atoms with E-state index in [1.165, 1.54) is 13.0 Å². The number of hydrogen-bond donors (Lipinski definition) is 1. The summed E-state index contributed by atoms with van der Waals surface area (Å²) in [6, 6.07) is 0. The van der Waals surface area contributed by atoms with Crippen LogP contribution in [0.5, 0.6) is 0 Å². The van der Waals surface area contributed by atoms with E-state index >= 15 is 0 Å². The average Bonchev–Trinajstić information content (AvgIpc) is 3.57. The maximum atomic E-state index is 12.8. The fourth-order valence-corrected chi connectivity index (χ4v) is 5.90. The average molecular weight is 434 g/mol. The zero-order valence-corrected chi connectivity index (χ0v) is 17.7.